The third-order valence-corrected chi connectivity index (χ3v) is 3.32. The predicted molar refractivity (Wildman–Crippen MR) is 53.5 cm³/mol. The van der Waals surface area contributed by atoms with Crippen LogP contribution in [0.3, 0.4) is 0 Å². The molecule has 1 heterocycles. The Morgan fingerprint density at radius 1 is 1.23 bits per heavy atom. The van der Waals surface area contributed by atoms with Gasteiger partial charge >= 0.3 is 0 Å². The molecule has 1 saturated heterocycles. The maximum Gasteiger partial charge on any atom is 0.0575 e. The van der Waals surface area contributed by atoms with Crippen molar-refractivity contribution in [2.75, 3.05) is 6.61 Å². The third kappa shape index (κ3) is 2.96. The lowest BCUT2D eigenvalue weighted by atomic mass is 10.00. The molecular weight excluding hydrogens is 162 g/mol. The summed E-state index contributed by atoms with van der Waals surface area (Å²) in [6.45, 7) is 0.976. The summed E-state index contributed by atoms with van der Waals surface area (Å²) in [6, 6.07) is 0.463. The average Bonchev–Trinajstić information content (AvgIpc) is 2.99. The normalized spacial score (nSPS) is 31.6. The van der Waals surface area contributed by atoms with Crippen LogP contribution in [0, 0.1) is 5.92 Å². The summed E-state index contributed by atoms with van der Waals surface area (Å²) < 4.78 is 5.67. The van der Waals surface area contributed by atoms with E-state index in [0.717, 1.165) is 12.5 Å². The van der Waals surface area contributed by atoms with Crippen LogP contribution in [0.4, 0.5) is 0 Å². The first-order valence-corrected chi connectivity index (χ1v) is 5.73. The molecule has 0 spiro atoms. The SMILES string of the molecule is NC(CCC1CCCCO1)C1CC1. The molecule has 1 aliphatic carbocycles. The first kappa shape index (κ1) is 9.47. The minimum absolute atomic E-state index is 0.463. The van der Waals surface area contributed by atoms with Crippen LogP contribution in [0.2, 0.25) is 0 Å². The third-order valence-electron chi connectivity index (χ3n) is 3.32. The molecule has 0 bridgehead atoms. The molecule has 76 valence electrons. The minimum atomic E-state index is 0.463. The van der Waals surface area contributed by atoms with E-state index in [4.69, 9.17) is 10.5 Å². The van der Waals surface area contributed by atoms with Gasteiger partial charge in [0.2, 0.25) is 0 Å². The van der Waals surface area contributed by atoms with Crippen LogP contribution in [-0.2, 0) is 4.74 Å². The molecule has 2 heteroatoms. The molecule has 0 radical (unpaired) electrons. The van der Waals surface area contributed by atoms with Gasteiger partial charge < -0.3 is 10.5 Å². The van der Waals surface area contributed by atoms with Crippen molar-refractivity contribution in [2.45, 2.75) is 57.1 Å². The summed E-state index contributed by atoms with van der Waals surface area (Å²) in [5, 5.41) is 0. The average molecular weight is 183 g/mol. The summed E-state index contributed by atoms with van der Waals surface area (Å²) in [6.07, 6.45) is 9.50. The van der Waals surface area contributed by atoms with Crippen molar-refractivity contribution in [3.8, 4) is 0 Å². The second-order valence-electron chi connectivity index (χ2n) is 4.57. The lowest BCUT2D eigenvalue weighted by Crippen LogP contribution is -2.26. The first-order valence-electron chi connectivity index (χ1n) is 5.73. The van der Waals surface area contributed by atoms with Crippen LogP contribution >= 0.6 is 0 Å². The van der Waals surface area contributed by atoms with Gasteiger partial charge in [-0.05, 0) is 50.9 Å². The van der Waals surface area contributed by atoms with E-state index in [9.17, 15) is 0 Å². The van der Waals surface area contributed by atoms with Crippen LogP contribution < -0.4 is 5.73 Å². The van der Waals surface area contributed by atoms with E-state index in [-0.39, 0.29) is 0 Å². The summed E-state index contributed by atoms with van der Waals surface area (Å²) >= 11 is 0. The van der Waals surface area contributed by atoms with Gasteiger partial charge in [0, 0.05) is 12.6 Å². The summed E-state index contributed by atoms with van der Waals surface area (Å²) in [5.41, 5.74) is 6.04. The topological polar surface area (TPSA) is 35.2 Å². The van der Waals surface area contributed by atoms with Crippen LogP contribution in [0.1, 0.15) is 44.9 Å². The maximum absolute atomic E-state index is 6.04. The zero-order valence-corrected chi connectivity index (χ0v) is 8.37. The zero-order chi connectivity index (χ0) is 9.10. The standard InChI is InChI=1S/C11H21NO/c12-11(9-4-5-9)7-6-10-3-1-2-8-13-10/h9-11H,1-8,12H2. The van der Waals surface area contributed by atoms with E-state index in [1.165, 1.54) is 44.9 Å². The highest BCUT2D eigenvalue weighted by Crippen LogP contribution is 2.33. The molecule has 0 aromatic heterocycles. The van der Waals surface area contributed by atoms with Crippen molar-refractivity contribution in [1.82, 2.24) is 0 Å². The van der Waals surface area contributed by atoms with E-state index in [0.29, 0.717) is 12.1 Å². The van der Waals surface area contributed by atoms with E-state index in [1.807, 2.05) is 0 Å². The Morgan fingerprint density at radius 3 is 2.69 bits per heavy atom. The number of nitrogens with two attached hydrogens (primary N) is 1. The molecule has 2 aliphatic rings. The van der Waals surface area contributed by atoms with Gasteiger partial charge in [-0.3, -0.25) is 0 Å². The molecule has 0 aromatic carbocycles. The Morgan fingerprint density at radius 2 is 2.08 bits per heavy atom. The van der Waals surface area contributed by atoms with E-state index < -0.39 is 0 Å². The maximum atomic E-state index is 6.04. The number of ether oxygens (including phenoxy) is 1. The van der Waals surface area contributed by atoms with Gasteiger partial charge in [-0.1, -0.05) is 0 Å². The molecule has 0 amide bonds. The van der Waals surface area contributed by atoms with Crippen LogP contribution in [0.15, 0.2) is 0 Å². The zero-order valence-electron chi connectivity index (χ0n) is 8.37. The highest BCUT2D eigenvalue weighted by atomic mass is 16.5. The predicted octanol–water partition coefficient (Wildman–Crippen LogP) is 2.07. The van der Waals surface area contributed by atoms with E-state index in [1.54, 1.807) is 0 Å². The fraction of sp³-hybridized carbons (Fsp3) is 1.00. The number of hydrogen-bond donors (Lipinski definition) is 1. The van der Waals surface area contributed by atoms with Crippen LogP contribution in [0.5, 0.6) is 0 Å². The molecule has 2 unspecified atom stereocenters. The number of rotatable bonds is 4. The van der Waals surface area contributed by atoms with Crippen LogP contribution in [0.25, 0.3) is 0 Å². The second-order valence-corrected chi connectivity index (χ2v) is 4.57. The van der Waals surface area contributed by atoms with Gasteiger partial charge in [0.05, 0.1) is 6.10 Å². The van der Waals surface area contributed by atoms with Gasteiger partial charge in [-0.2, -0.15) is 0 Å². The van der Waals surface area contributed by atoms with Gasteiger partial charge in [0.25, 0.3) is 0 Å². The quantitative estimate of drug-likeness (QED) is 0.724. The van der Waals surface area contributed by atoms with Crippen molar-refractivity contribution in [3.05, 3.63) is 0 Å². The van der Waals surface area contributed by atoms with Crippen LogP contribution in [-0.4, -0.2) is 18.8 Å². The van der Waals surface area contributed by atoms with Gasteiger partial charge in [-0.25, -0.2) is 0 Å². The Labute approximate surface area is 80.8 Å². The fourth-order valence-electron chi connectivity index (χ4n) is 2.17. The Hall–Kier alpha value is -0.0800. The molecule has 2 N–H and O–H groups in total. The molecule has 2 nitrogen and oxygen atoms in total. The highest BCUT2D eigenvalue weighted by molar-refractivity contribution is 4.84. The van der Waals surface area contributed by atoms with Gasteiger partial charge in [-0.15, -0.1) is 0 Å². The second kappa shape index (κ2) is 4.43. The molecule has 2 atom stereocenters. The molecule has 0 aromatic rings. The lowest BCUT2D eigenvalue weighted by Gasteiger charge is -2.23. The molecule has 13 heavy (non-hydrogen) atoms. The monoisotopic (exact) mass is 183 g/mol. The summed E-state index contributed by atoms with van der Waals surface area (Å²) in [7, 11) is 0. The van der Waals surface area contributed by atoms with Crippen molar-refractivity contribution < 1.29 is 4.74 Å². The molecule has 2 fully saturated rings. The molecular formula is C11H21NO. The highest BCUT2D eigenvalue weighted by Gasteiger charge is 2.28. The first-order chi connectivity index (χ1) is 6.36. The van der Waals surface area contributed by atoms with E-state index in [2.05, 4.69) is 0 Å². The Balaban J connectivity index is 1.60. The Bertz CT molecular complexity index is 150. The smallest absolute Gasteiger partial charge is 0.0575 e. The van der Waals surface area contributed by atoms with Crippen molar-refractivity contribution in [2.24, 2.45) is 11.7 Å². The molecule has 1 saturated carbocycles. The van der Waals surface area contributed by atoms with Crippen molar-refractivity contribution >= 4 is 0 Å². The molecule has 1 aliphatic heterocycles. The molecule has 2 rings (SSSR count). The van der Waals surface area contributed by atoms with Crippen molar-refractivity contribution in [1.29, 1.82) is 0 Å². The van der Waals surface area contributed by atoms with Gasteiger partial charge in [0.1, 0.15) is 0 Å². The Kier molecular flexibility index (Phi) is 3.23. The largest absolute Gasteiger partial charge is 0.378 e. The minimum Gasteiger partial charge on any atom is -0.378 e. The van der Waals surface area contributed by atoms with E-state index >= 15 is 0 Å². The number of hydrogen-bond acceptors (Lipinski definition) is 2. The summed E-state index contributed by atoms with van der Waals surface area (Å²) in [5.74, 6) is 0.851. The summed E-state index contributed by atoms with van der Waals surface area (Å²) in [4.78, 5) is 0. The lowest BCUT2D eigenvalue weighted by molar-refractivity contribution is 0.00886. The van der Waals surface area contributed by atoms with Gasteiger partial charge in [0.15, 0.2) is 0 Å². The van der Waals surface area contributed by atoms with Crippen molar-refractivity contribution in [3.63, 3.8) is 0 Å². The fourth-order valence-corrected chi connectivity index (χ4v) is 2.17.